The molecule has 176 valence electrons. The van der Waals surface area contributed by atoms with Gasteiger partial charge in [-0.25, -0.2) is 14.4 Å². The first-order valence-corrected chi connectivity index (χ1v) is 12.0. The van der Waals surface area contributed by atoms with Crippen LogP contribution < -0.4 is 24.6 Å². The Morgan fingerprint density at radius 1 is 0.941 bits per heavy atom. The number of hydrogen-bond acceptors (Lipinski definition) is 8. The van der Waals surface area contributed by atoms with Crippen LogP contribution in [0, 0.1) is 5.82 Å². The van der Waals surface area contributed by atoms with Crippen LogP contribution in [-0.4, -0.2) is 61.0 Å². The van der Waals surface area contributed by atoms with E-state index >= 15 is 0 Å². The number of thioether (sulfide) groups is 1. The number of nitrogens with zero attached hydrogens (tertiary/aromatic N) is 4. The normalized spacial score (nSPS) is 15.2. The van der Waals surface area contributed by atoms with E-state index < -0.39 is 0 Å². The number of benzene rings is 2. The van der Waals surface area contributed by atoms with Crippen molar-refractivity contribution in [3.05, 3.63) is 60.7 Å². The summed E-state index contributed by atoms with van der Waals surface area (Å²) in [4.78, 5) is 25.6. The van der Waals surface area contributed by atoms with Crippen molar-refractivity contribution in [1.29, 1.82) is 0 Å². The molecular weight excluding hydrogens is 457 g/mol. The van der Waals surface area contributed by atoms with Crippen LogP contribution in [0.4, 0.5) is 21.6 Å². The van der Waals surface area contributed by atoms with E-state index in [1.54, 1.807) is 30.3 Å². The van der Waals surface area contributed by atoms with E-state index in [0.717, 1.165) is 42.7 Å². The molecule has 0 aliphatic carbocycles. The SMILES string of the molecule is O=C(CSc1cc(N2CCN(c3ccc(F)cc3)CC2)ncn1)Nc1ccc2c(c1)OCCO2. The molecule has 0 unspecified atom stereocenters. The van der Waals surface area contributed by atoms with E-state index in [9.17, 15) is 9.18 Å². The predicted molar refractivity (Wildman–Crippen MR) is 130 cm³/mol. The molecule has 3 heterocycles. The molecule has 3 aromatic rings. The quantitative estimate of drug-likeness (QED) is 0.424. The number of aromatic nitrogens is 2. The molecule has 0 bridgehead atoms. The summed E-state index contributed by atoms with van der Waals surface area (Å²) >= 11 is 1.36. The Morgan fingerprint density at radius 2 is 1.68 bits per heavy atom. The Bertz CT molecular complexity index is 1160. The molecule has 8 nitrogen and oxygen atoms in total. The van der Waals surface area contributed by atoms with Crippen LogP contribution in [-0.2, 0) is 4.79 Å². The van der Waals surface area contributed by atoms with Crippen molar-refractivity contribution in [2.75, 3.05) is 60.3 Å². The molecule has 0 saturated carbocycles. The Balaban J connectivity index is 1.13. The molecule has 2 aromatic carbocycles. The third-order valence-corrected chi connectivity index (χ3v) is 6.53. The molecule has 1 aromatic heterocycles. The second-order valence-corrected chi connectivity index (χ2v) is 8.86. The summed E-state index contributed by atoms with van der Waals surface area (Å²) in [6, 6.07) is 13.9. The van der Waals surface area contributed by atoms with Crippen LogP contribution in [0.3, 0.4) is 0 Å². The molecule has 10 heteroatoms. The summed E-state index contributed by atoms with van der Waals surface area (Å²) in [6.45, 7) is 4.25. The van der Waals surface area contributed by atoms with Crippen molar-refractivity contribution in [3.63, 3.8) is 0 Å². The molecule has 2 aliphatic rings. The van der Waals surface area contributed by atoms with Gasteiger partial charge in [0.25, 0.3) is 0 Å². The summed E-state index contributed by atoms with van der Waals surface area (Å²) in [5.41, 5.74) is 1.68. The van der Waals surface area contributed by atoms with E-state index in [1.807, 2.05) is 6.07 Å². The van der Waals surface area contributed by atoms with Gasteiger partial charge in [0.05, 0.1) is 5.75 Å². The van der Waals surface area contributed by atoms with Gasteiger partial charge in [-0.15, -0.1) is 0 Å². The van der Waals surface area contributed by atoms with Crippen LogP contribution in [0.25, 0.3) is 0 Å². The highest BCUT2D eigenvalue weighted by Gasteiger charge is 2.19. The maximum absolute atomic E-state index is 13.2. The van der Waals surface area contributed by atoms with E-state index in [2.05, 4.69) is 25.1 Å². The molecule has 0 radical (unpaired) electrons. The largest absolute Gasteiger partial charge is 0.486 e. The highest BCUT2D eigenvalue weighted by Crippen LogP contribution is 2.32. The molecule has 1 amide bonds. The first-order valence-electron chi connectivity index (χ1n) is 11.0. The Kier molecular flexibility index (Phi) is 6.66. The highest BCUT2D eigenvalue weighted by atomic mass is 32.2. The molecule has 1 N–H and O–H groups in total. The first-order chi connectivity index (χ1) is 16.6. The van der Waals surface area contributed by atoms with E-state index in [1.165, 1.54) is 30.2 Å². The molecule has 0 spiro atoms. The van der Waals surface area contributed by atoms with Crippen molar-refractivity contribution < 1.29 is 18.7 Å². The van der Waals surface area contributed by atoms with E-state index in [0.29, 0.717) is 30.4 Å². The lowest BCUT2D eigenvalue weighted by Gasteiger charge is -2.36. The maximum atomic E-state index is 13.2. The Hall–Kier alpha value is -3.53. The molecule has 34 heavy (non-hydrogen) atoms. The lowest BCUT2D eigenvalue weighted by Crippen LogP contribution is -2.46. The lowest BCUT2D eigenvalue weighted by atomic mass is 10.2. The second-order valence-electron chi connectivity index (χ2n) is 7.86. The number of anilines is 3. The third kappa shape index (κ3) is 5.33. The van der Waals surface area contributed by atoms with E-state index in [4.69, 9.17) is 9.47 Å². The summed E-state index contributed by atoms with van der Waals surface area (Å²) in [5.74, 6) is 2.03. The highest BCUT2D eigenvalue weighted by molar-refractivity contribution is 7.99. The minimum Gasteiger partial charge on any atom is -0.486 e. The molecule has 1 fully saturated rings. The number of piperazine rings is 1. The van der Waals surface area contributed by atoms with Crippen LogP contribution in [0.5, 0.6) is 11.5 Å². The standard InChI is InChI=1S/C24H24FN5O3S/c25-17-1-4-19(5-2-17)29-7-9-30(10-8-29)22-14-24(27-16-26-22)34-15-23(31)28-18-3-6-20-21(13-18)33-12-11-32-20/h1-6,13-14,16H,7-12,15H2,(H,28,31). The summed E-state index contributed by atoms with van der Waals surface area (Å²) in [7, 11) is 0. The number of carbonyl (C=O) groups excluding carboxylic acids is 1. The maximum Gasteiger partial charge on any atom is 0.234 e. The first kappa shape index (κ1) is 22.3. The van der Waals surface area contributed by atoms with Gasteiger partial charge in [-0.2, -0.15) is 0 Å². The van der Waals surface area contributed by atoms with E-state index in [-0.39, 0.29) is 17.5 Å². The zero-order valence-electron chi connectivity index (χ0n) is 18.4. The number of halogens is 1. The number of fused-ring (bicyclic) bond motifs is 1. The predicted octanol–water partition coefficient (Wildman–Crippen LogP) is 3.44. The molecule has 0 atom stereocenters. The van der Waals surface area contributed by atoms with Gasteiger partial charge >= 0.3 is 0 Å². The number of nitrogens with one attached hydrogen (secondary N) is 1. The van der Waals surface area contributed by atoms with Crippen molar-refractivity contribution in [2.45, 2.75) is 5.03 Å². The summed E-state index contributed by atoms with van der Waals surface area (Å²) < 4.78 is 24.2. The monoisotopic (exact) mass is 481 g/mol. The van der Waals surface area contributed by atoms with Crippen LogP contribution >= 0.6 is 11.8 Å². The Morgan fingerprint density at radius 3 is 2.47 bits per heavy atom. The van der Waals surface area contributed by atoms with Crippen molar-refractivity contribution in [2.24, 2.45) is 0 Å². The fourth-order valence-electron chi connectivity index (χ4n) is 3.89. The fourth-order valence-corrected chi connectivity index (χ4v) is 4.55. The van der Waals surface area contributed by atoms with Crippen molar-refractivity contribution in [3.8, 4) is 11.5 Å². The van der Waals surface area contributed by atoms with Gasteiger partial charge < -0.3 is 24.6 Å². The lowest BCUT2D eigenvalue weighted by molar-refractivity contribution is -0.113. The summed E-state index contributed by atoms with van der Waals surface area (Å²) in [6.07, 6.45) is 1.53. The van der Waals surface area contributed by atoms with Gasteiger partial charge in [-0.05, 0) is 36.4 Å². The second kappa shape index (κ2) is 10.2. The smallest absolute Gasteiger partial charge is 0.234 e. The van der Waals surface area contributed by atoms with Gasteiger partial charge in [0.1, 0.15) is 36.2 Å². The number of ether oxygens (including phenoxy) is 2. The number of rotatable bonds is 6. The Labute approximate surface area is 201 Å². The van der Waals surface area contributed by atoms with Crippen molar-refractivity contribution >= 4 is 34.9 Å². The zero-order chi connectivity index (χ0) is 23.3. The van der Waals surface area contributed by atoms with Crippen LogP contribution in [0.2, 0.25) is 0 Å². The molecule has 5 rings (SSSR count). The molecule has 2 aliphatic heterocycles. The number of carbonyl (C=O) groups is 1. The van der Waals surface area contributed by atoms with Gasteiger partial charge in [0, 0.05) is 49.7 Å². The average molecular weight is 482 g/mol. The van der Waals surface area contributed by atoms with Gasteiger partial charge in [-0.3, -0.25) is 4.79 Å². The number of amides is 1. The number of hydrogen-bond donors (Lipinski definition) is 1. The summed E-state index contributed by atoms with van der Waals surface area (Å²) in [5, 5.41) is 3.63. The minimum atomic E-state index is -0.228. The minimum absolute atomic E-state index is 0.130. The van der Waals surface area contributed by atoms with Crippen LogP contribution in [0.15, 0.2) is 59.9 Å². The average Bonchev–Trinajstić information content (AvgIpc) is 2.88. The zero-order valence-corrected chi connectivity index (χ0v) is 19.3. The fraction of sp³-hybridized carbons (Fsp3) is 0.292. The van der Waals surface area contributed by atoms with Gasteiger partial charge in [0.2, 0.25) is 5.91 Å². The topological polar surface area (TPSA) is 79.8 Å². The molecular formula is C24H24FN5O3S. The molecule has 1 saturated heterocycles. The van der Waals surface area contributed by atoms with Crippen molar-refractivity contribution in [1.82, 2.24) is 9.97 Å². The van der Waals surface area contributed by atoms with Gasteiger partial charge in [-0.1, -0.05) is 11.8 Å². The van der Waals surface area contributed by atoms with Crippen LogP contribution in [0.1, 0.15) is 0 Å². The van der Waals surface area contributed by atoms with Gasteiger partial charge in [0.15, 0.2) is 11.5 Å². The third-order valence-electron chi connectivity index (χ3n) is 5.60.